The average Bonchev–Trinajstić information content (AvgIpc) is 2.90. The van der Waals surface area contributed by atoms with Crippen LogP contribution in [-0.4, -0.2) is 44.1 Å². The Labute approximate surface area is 136 Å². The van der Waals surface area contributed by atoms with Crippen LogP contribution in [0.5, 0.6) is 0 Å². The summed E-state index contributed by atoms with van der Waals surface area (Å²) >= 11 is 0. The van der Waals surface area contributed by atoms with Crippen LogP contribution in [0.25, 0.3) is 0 Å². The first-order valence-corrected chi connectivity index (χ1v) is 9.44. The van der Waals surface area contributed by atoms with Crippen LogP contribution < -0.4 is 4.72 Å². The number of hydrogen-bond donors (Lipinski definition) is 1. The van der Waals surface area contributed by atoms with E-state index >= 15 is 0 Å². The van der Waals surface area contributed by atoms with Crippen LogP contribution in [0.3, 0.4) is 0 Å². The highest BCUT2D eigenvalue weighted by molar-refractivity contribution is 7.89. The first-order chi connectivity index (χ1) is 10.7. The monoisotopic (exact) mass is 342 g/mol. The lowest BCUT2D eigenvalue weighted by Crippen LogP contribution is -2.39. The number of carbonyl (C=O) groups is 1. The van der Waals surface area contributed by atoms with Gasteiger partial charge in [0.25, 0.3) is 5.91 Å². The molecular weight excluding hydrogens is 319 g/mol. The number of aryl methyl sites for hydroxylation is 2. The van der Waals surface area contributed by atoms with Gasteiger partial charge in [-0.3, -0.25) is 4.79 Å². The van der Waals surface area contributed by atoms with Gasteiger partial charge in [-0.05, 0) is 49.9 Å². The lowest BCUT2D eigenvalue weighted by Gasteiger charge is -2.18. The van der Waals surface area contributed by atoms with Crippen molar-refractivity contribution in [2.24, 2.45) is 0 Å². The molecule has 1 N–H and O–H groups in total. The third kappa shape index (κ3) is 4.29. The Hall–Kier alpha value is -1.47. The van der Waals surface area contributed by atoms with Crippen LogP contribution in [0, 0.1) is 19.7 Å². The van der Waals surface area contributed by atoms with Gasteiger partial charge in [-0.1, -0.05) is 6.92 Å². The summed E-state index contributed by atoms with van der Waals surface area (Å²) in [4.78, 5) is 14.1. The number of hydrogen-bond acceptors (Lipinski definition) is 3. The van der Waals surface area contributed by atoms with Gasteiger partial charge in [0.05, 0.1) is 5.75 Å². The van der Waals surface area contributed by atoms with Crippen molar-refractivity contribution >= 4 is 15.9 Å². The molecule has 5 nitrogen and oxygen atoms in total. The van der Waals surface area contributed by atoms with Crippen LogP contribution in [-0.2, 0) is 10.0 Å². The topological polar surface area (TPSA) is 66.5 Å². The summed E-state index contributed by atoms with van der Waals surface area (Å²) in [6, 6.07) is 2.83. The maximum atomic E-state index is 13.7. The predicted octanol–water partition coefficient (Wildman–Crippen LogP) is 1.99. The van der Waals surface area contributed by atoms with Crippen molar-refractivity contribution in [3.05, 3.63) is 34.6 Å². The summed E-state index contributed by atoms with van der Waals surface area (Å²) in [6.45, 7) is 5.91. The summed E-state index contributed by atoms with van der Waals surface area (Å²) in [6.07, 6.45) is 1.15. The van der Waals surface area contributed by atoms with Crippen LogP contribution in [0.15, 0.2) is 12.1 Å². The molecular formula is C16H23FN2O3S. The van der Waals surface area contributed by atoms with Gasteiger partial charge < -0.3 is 4.90 Å². The van der Waals surface area contributed by atoms with Gasteiger partial charge in [0.1, 0.15) is 5.82 Å². The quantitative estimate of drug-likeness (QED) is 0.890. The average molecular weight is 342 g/mol. The highest BCUT2D eigenvalue weighted by atomic mass is 32.2. The van der Waals surface area contributed by atoms with Gasteiger partial charge in [-0.25, -0.2) is 17.5 Å². The molecule has 1 heterocycles. The third-order valence-corrected chi connectivity index (χ3v) is 5.62. The Kier molecular flexibility index (Phi) is 5.41. The largest absolute Gasteiger partial charge is 0.337 e. The molecule has 0 bridgehead atoms. The number of sulfonamides is 1. The first kappa shape index (κ1) is 17.9. The van der Waals surface area contributed by atoms with Crippen LogP contribution in [0.1, 0.15) is 41.3 Å². The number of nitrogens with zero attached hydrogens (tertiary/aromatic N) is 1. The number of likely N-dealkylation sites (tertiary alicyclic amines) is 1. The van der Waals surface area contributed by atoms with E-state index < -0.39 is 10.0 Å². The Balaban J connectivity index is 2.06. The van der Waals surface area contributed by atoms with Crippen LogP contribution in [0.4, 0.5) is 4.39 Å². The van der Waals surface area contributed by atoms with Crippen LogP contribution >= 0.6 is 0 Å². The van der Waals surface area contributed by atoms with Gasteiger partial charge in [0.15, 0.2) is 0 Å². The zero-order chi connectivity index (χ0) is 17.2. The van der Waals surface area contributed by atoms with Gasteiger partial charge in [0, 0.05) is 24.7 Å². The number of rotatable bonds is 5. The highest BCUT2D eigenvalue weighted by Gasteiger charge is 2.29. The summed E-state index contributed by atoms with van der Waals surface area (Å²) < 4.78 is 39.9. The van der Waals surface area contributed by atoms with E-state index in [1.165, 1.54) is 0 Å². The molecule has 1 aliphatic rings. The van der Waals surface area contributed by atoms with E-state index in [9.17, 15) is 17.6 Å². The second-order valence-corrected chi connectivity index (χ2v) is 7.97. The van der Waals surface area contributed by atoms with E-state index in [0.717, 1.165) is 0 Å². The summed E-state index contributed by atoms with van der Waals surface area (Å²) in [5.74, 6) is -0.394. The van der Waals surface area contributed by atoms with E-state index in [-0.39, 0.29) is 23.5 Å². The lowest BCUT2D eigenvalue weighted by atomic mass is 10.1. The van der Waals surface area contributed by atoms with Crippen molar-refractivity contribution in [2.45, 2.75) is 39.7 Å². The van der Waals surface area contributed by atoms with E-state index in [1.54, 1.807) is 30.9 Å². The van der Waals surface area contributed by atoms with Crippen molar-refractivity contribution < 1.29 is 17.6 Å². The fourth-order valence-corrected chi connectivity index (χ4v) is 4.23. The van der Waals surface area contributed by atoms with Crippen molar-refractivity contribution in [2.75, 3.05) is 18.8 Å². The van der Waals surface area contributed by atoms with E-state index in [0.29, 0.717) is 42.6 Å². The smallest absolute Gasteiger partial charge is 0.253 e. The second kappa shape index (κ2) is 6.97. The lowest BCUT2D eigenvalue weighted by molar-refractivity contribution is 0.0790. The minimum atomic E-state index is -3.29. The molecule has 1 fully saturated rings. The molecule has 128 valence electrons. The maximum absolute atomic E-state index is 13.7. The van der Waals surface area contributed by atoms with Crippen molar-refractivity contribution in [3.8, 4) is 0 Å². The second-order valence-electron chi connectivity index (χ2n) is 6.10. The molecule has 1 aliphatic heterocycles. The molecule has 23 heavy (non-hydrogen) atoms. The molecule has 0 aromatic heterocycles. The summed E-state index contributed by atoms with van der Waals surface area (Å²) in [5.41, 5.74) is 1.32. The Morgan fingerprint density at radius 3 is 2.52 bits per heavy atom. The Morgan fingerprint density at radius 2 is 1.96 bits per heavy atom. The molecule has 2 rings (SSSR count). The van der Waals surface area contributed by atoms with Crippen molar-refractivity contribution in [1.29, 1.82) is 0 Å². The van der Waals surface area contributed by atoms with Gasteiger partial charge in [-0.15, -0.1) is 0 Å². The first-order valence-electron chi connectivity index (χ1n) is 7.79. The summed E-state index contributed by atoms with van der Waals surface area (Å²) in [5, 5.41) is 0. The number of amides is 1. The van der Waals surface area contributed by atoms with Gasteiger partial charge >= 0.3 is 0 Å². The molecule has 1 amide bonds. The van der Waals surface area contributed by atoms with E-state index in [4.69, 9.17) is 0 Å². The fourth-order valence-electron chi connectivity index (χ4n) is 2.87. The number of carbonyl (C=O) groups excluding carboxylic acids is 1. The van der Waals surface area contributed by atoms with E-state index in [2.05, 4.69) is 4.72 Å². The molecule has 0 saturated carbocycles. The molecule has 7 heteroatoms. The normalized spacial score (nSPS) is 18.4. The molecule has 1 aromatic carbocycles. The van der Waals surface area contributed by atoms with Gasteiger partial charge in [-0.2, -0.15) is 0 Å². The van der Waals surface area contributed by atoms with E-state index in [1.807, 2.05) is 6.92 Å². The fraction of sp³-hybridized carbons (Fsp3) is 0.562. The van der Waals surface area contributed by atoms with Gasteiger partial charge in [0.2, 0.25) is 10.0 Å². The molecule has 1 aromatic rings. The standard InChI is InChI=1S/C16H23FN2O3S/c1-4-7-23(21,22)18-14-5-6-19(10-14)16(20)13-8-11(2)15(17)12(3)9-13/h8-9,14,18H,4-7,10H2,1-3H3. The number of benzene rings is 1. The third-order valence-electron chi connectivity index (χ3n) is 3.98. The van der Waals surface area contributed by atoms with Crippen molar-refractivity contribution in [3.63, 3.8) is 0 Å². The molecule has 1 atom stereocenters. The Morgan fingerprint density at radius 1 is 1.35 bits per heavy atom. The molecule has 0 radical (unpaired) electrons. The SMILES string of the molecule is CCCS(=O)(=O)NC1CCN(C(=O)c2cc(C)c(F)c(C)c2)C1. The maximum Gasteiger partial charge on any atom is 0.253 e. The minimum Gasteiger partial charge on any atom is -0.337 e. The number of nitrogens with one attached hydrogen (secondary N) is 1. The molecule has 1 unspecified atom stereocenters. The minimum absolute atomic E-state index is 0.0911. The predicted molar refractivity (Wildman–Crippen MR) is 87.4 cm³/mol. The molecule has 1 saturated heterocycles. The summed E-state index contributed by atoms with van der Waals surface area (Å²) in [7, 11) is -3.29. The Bertz CT molecular complexity index is 680. The van der Waals surface area contributed by atoms with Crippen molar-refractivity contribution in [1.82, 2.24) is 9.62 Å². The van der Waals surface area contributed by atoms with Crippen LogP contribution in [0.2, 0.25) is 0 Å². The zero-order valence-corrected chi connectivity index (χ0v) is 14.5. The molecule has 0 aliphatic carbocycles. The molecule has 0 spiro atoms. The number of halogens is 1. The zero-order valence-electron chi connectivity index (χ0n) is 13.7. The highest BCUT2D eigenvalue weighted by Crippen LogP contribution is 2.19.